The van der Waals surface area contributed by atoms with Gasteiger partial charge in [-0.15, -0.1) is 11.3 Å². The Morgan fingerprint density at radius 2 is 1.85 bits per heavy atom. The molecule has 1 unspecified atom stereocenters. The SMILES string of the molecule is Cc1cc(C(=O)CN2C(=O)NC(C)(c3ccc(S(C)(=O)=O)cc3)C2=O)c(C)n1-c1nccs1. The van der Waals surface area contributed by atoms with Gasteiger partial charge < -0.3 is 5.32 Å². The van der Waals surface area contributed by atoms with Crippen LogP contribution in [0.4, 0.5) is 4.79 Å². The van der Waals surface area contributed by atoms with E-state index in [-0.39, 0.29) is 10.7 Å². The minimum Gasteiger partial charge on any atom is -0.319 e. The summed E-state index contributed by atoms with van der Waals surface area (Å²) in [5, 5.41) is 5.20. The minimum absolute atomic E-state index is 0.106. The Hall–Kier alpha value is -3.31. The van der Waals surface area contributed by atoms with Gasteiger partial charge in [0.15, 0.2) is 20.8 Å². The average Bonchev–Trinajstić information content (AvgIpc) is 3.42. The Bertz CT molecular complexity index is 1370. The van der Waals surface area contributed by atoms with Gasteiger partial charge in [0.05, 0.1) is 11.4 Å². The second kappa shape index (κ2) is 7.92. The summed E-state index contributed by atoms with van der Waals surface area (Å²) in [6.45, 7) is 4.77. The molecule has 1 N–H and O–H groups in total. The van der Waals surface area contributed by atoms with Gasteiger partial charge in [-0.05, 0) is 44.5 Å². The number of aromatic nitrogens is 2. The number of aryl methyl sites for hydroxylation is 1. The summed E-state index contributed by atoms with van der Waals surface area (Å²) in [5.41, 5.74) is 0.919. The van der Waals surface area contributed by atoms with Crippen LogP contribution in [-0.4, -0.2) is 53.4 Å². The first-order chi connectivity index (χ1) is 15.4. The molecular weight excluding hydrogens is 464 g/mol. The number of urea groups is 1. The lowest BCUT2D eigenvalue weighted by Gasteiger charge is -2.22. The number of Topliss-reactive ketones (excluding diaryl/α,β-unsaturated/α-hetero) is 1. The molecule has 4 rings (SSSR count). The maximum Gasteiger partial charge on any atom is 0.325 e. The predicted molar refractivity (Wildman–Crippen MR) is 122 cm³/mol. The third kappa shape index (κ3) is 3.87. The average molecular weight is 487 g/mol. The first-order valence-corrected chi connectivity index (χ1v) is 12.8. The molecule has 1 aliphatic heterocycles. The Morgan fingerprint density at radius 1 is 1.18 bits per heavy atom. The molecule has 0 aliphatic carbocycles. The zero-order chi connectivity index (χ0) is 24.1. The molecule has 3 amide bonds. The van der Waals surface area contributed by atoms with Crippen molar-refractivity contribution in [3.63, 3.8) is 0 Å². The summed E-state index contributed by atoms with van der Waals surface area (Å²) in [5.74, 6) is -0.951. The van der Waals surface area contributed by atoms with Crippen LogP contribution in [-0.2, 0) is 20.2 Å². The molecule has 33 heavy (non-hydrogen) atoms. The number of sulfone groups is 1. The summed E-state index contributed by atoms with van der Waals surface area (Å²) in [6.07, 6.45) is 2.77. The number of imide groups is 1. The highest BCUT2D eigenvalue weighted by atomic mass is 32.2. The summed E-state index contributed by atoms with van der Waals surface area (Å²) in [6, 6.07) is 6.79. The monoisotopic (exact) mass is 486 g/mol. The summed E-state index contributed by atoms with van der Waals surface area (Å²) < 4.78 is 25.3. The molecule has 0 saturated carbocycles. The van der Waals surface area contributed by atoms with Crippen molar-refractivity contribution >= 4 is 38.9 Å². The second-order valence-electron chi connectivity index (χ2n) is 8.10. The van der Waals surface area contributed by atoms with E-state index in [1.165, 1.54) is 42.5 Å². The molecule has 3 aromatic rings. The van der Waals surface area contributed by atoms with E-state index in [0.717, 1.165) is 22.0 Å². The van der Waals surface area contributed by atoms with Crippen molar-refractivity contribution in [2.75, 3.05) is 12.8 Å². The highest BCUT2D eigenvalue weighted by Crippen LogP contribution is 2.30. The smallest absolute Gasteiger partial charge is 0.319 e. The van der Waals surface area contributed by atoms with Crippen LogP contribution in [0.1, 0.15) is 34.2 Å². The number of amides is 3. The number of ketones is 1. The van der Waals surface area contributed by atoms with Gasteiger partial charge in [0.2, 0.25) is 0 Å². The topological polar surface area (TPSA) is 118 Å². The van der Waals surface area contributed by atoms with Crippen molar-refractivity contribution in [2.24, 2.45) is 0 Å². The molecule has 1 atom stereocenters. The van der Waals surface area contributed by atoms with E-state index in [1.807, 2.05) is 16.9 Å². The summed E-state index contributed by atoms with van der Waals surface area (Å²) in [4.78, 5) is 44.2. The standard InChI is InChI=1S/C22H22N4O5S2/c1-13-11-17(14(2)26(13)21-23-9-10-32-21)18(27)12-25-19(28)22(3,24-20(25)29)15-5-7-16(8-6-15)33(4,30)31/h5-11H,12H2,1-4H3,(H,24,29). The molecule has 3 heterocycles. The molecular formula is C22H22N4O5S2. The molecule has 172 valence electrons. The van der Waals surface area contributed by atoms with Crippen LogP contribution in [0.15, 0.2) is 46.8 Å². The fraction of sp³-hybridized carbons (Fsp3) is 0.273. The Labute approximate surface area is 195 Å². The van der Waals surface area contributed by atoms with Crippen LogP contribution in [0.3, 0.4) is 0 Å². The number of rotatable bonds is 6. The molecule has 9 nitrogen and oxygen atoms in total. The lowest BCUT2D eigenvalue weighted by Crippen LogP contribution is -2.41. The molecule has 1 fully saturated rings. The number of benzene rings is 1. The molecule has 1 aromatic carbocycles. The molecule has 1 saturated heterocycles. The number of nitrogens with one attached hydrogen (secondary N) is 1. The largest absolute Gasteiger partial charge is 0.325 e. The highest BCUT2D eigenvalue weighted by molar-refractivity contribution is 7.90. The number of thiazole rings is 1. The van der Waals surface area contributed by atoms with Gasteiger partial charge in [-0.25, -0.2) is 18.2 Å². The number of carbonyl (C=O) groups is 3. The van der Waals surface area contributed by atoms with Crippen LogP contribution in [0.5, 0.6) is 0 Å². The van der Waals surface area contributed by atoms with Crippen molar-refractivity contribution in [3.8, 4) is 5.13 Å². The molecule has 0 spiro atoms. The van der Waals surface area contributed by atoms with E-state index in [2.05, 4.69) is 10.3 Å². The van der Waals surface area contributed by atoms with Crippen LogP contribution in [0, 0.1) is 13.8 Å². The summed E-state index contributed by atoms with van der Waals surface area (Å²) in [7, 11) is -3.40. The molecule has 2 aromatic heterocycles. The molecule has 11 heteroatoms. The Kier molecular flexibility index (Phi) is 5.49. The van der Waals surface area contributed by atoms with Gasteiger partial charge >= 0.3 is 6.03 Å². The number of carbonyl (C=O) groups excluding carboxylic acids is 3. The zero-order valence-corrected chi connectivity index (χ0v) is 20.1. The first-order valence-electron chi connectivity index (χ1n) is 10.00. The normalized spacial score (nSPS) is 18.6. The first kappa shape index (κ1) is 22.9. The Morgan fingerprint density at radius 3 is 2.42 bits per heavy atom. The third-order valence-corrected chi connectivity index (χ3v) is 7.66. The predicted octanol–water partition coefficient (Wildman–Crippen LogP) is 2.60. The molecule has 0 bridgehead atoms. The van der Waals surface area contributed by atoms with Crippen LogP contribution >= 0.6 is 11.3 Å². The van der Waals surface area contributed by atoms with Crippen molar-refractivity contribution in [1.29, 1.82) is 0 Å². The van der Waals surface area contributed by atoms with E-state index in [9.17, 15) is 22.8 Å². The molecule has 0 radical (unpaired) electrons. The van der Waals surface area contributed by atoms with E-state index < -0.39 is 33.9 Å². The Balaban J connectivity index is 1.59. The van der Waals surface area contributed by atoms with Crippen molar-refractivity contribution < 1.29 is 22.8 Å². The molecule has 1 aliphatic rings. The maximum atomic E-state index is 13.2. The van der Waals surface area contributed by atoms with E-state index in [1.54, 1.807) is 19.2 Å². The van der Waals surface area contributed by atoms with Crippen molar-refractivity contribution in [2.45, 2.75) is 31.2 Å². The van der Waals surface area contributed by atoms with Crippen LogP contribution < -0.4 is 5.32 Å². The second-order valence-corrected chi connectivity index (χ2v) is 11.0. The lowest BCUT2D eigenvalue weighted by atomic mass is 9.92. The zero-order valence-electron chi connectivity index (χ0n) is 18.4. The quantitative estimate of drug-likeness (QED) is 0.423. The fourth-order valence-electron chi connectivity index (χ4n) is 3.97. The third-order valence-electron chi connectivity index (χ3n) is 5.78. The van der Waals surface area contributed by atoms with E-state index in [0.29, 0.717) is 16.8 Å². The van der Waals surface area contributed by atoms with Gasteiger partial charge in [0.25, 0.3) is 5.91 Å². The summed E-state index contributed by atoms with van der Waals surface area (Å²) >= 11 is 1.44. The van der Waals surface area contributed by atoms with Gasteiger partial charge in [-0.1, -0.05) is 12.1 Å². The van der Waals surface area contributed by atoms with Crippen molar-refractivity contribution in [3.05, 3.63) is 64.4 Å². The van der Waals surface area contributed by atoms with Gasteiger partial charge in [-0.2, -0.15) is 0 Å². The van der Waals surface area contributed by atoms with Gasteiger partial charge in [0.1, 0.15) is 5.54 Å². The highest BCUT2D eigenvalue weighted by Gasteiger charge is 2.49. The van der Waals surface area contributed by atoms with Crippen LogP contribution in [0.2, 0.25) is 0 Å². The minimum atomic E-state index is -3.40. The van der Waals surface area contributed by atoms with Gasteiger partial charge in [0, 0.05) is 34.8 Å². The number of nitrogens with zero attached hydrogens (tertiary/aromatic N) is 3. The number of hydrogen-bond donors (Lipinski definition) is 1. The lowest BCUT2D eigenvalue weighted by molar-refractivity contribution is -0.130. The van der Waals surface area contributed by atoms with Gasteiger partial charge in [-0.3, -0.25) is 19.1 Å². The van der Waals surface area contributed by atoms with E-state index >= 15 is 0 Å². The van der Waals surface area contributed by atoms with Crippen molar-refractivity contribution in [1.82, 2.24) is 19.8 Å². The fourth-order valence-corrected chi connectivity index (χ4v) is 5.35. The van der Waals surface area contributed by atoms with Crippen LogP contribution in [0.25, 0.3) is 5.13 Å². The maximum absolute atomic E-state index is 13.2. The van der Waals surface area contributed by atoms with E-state index in [4.69, 9.17) is 0 Å². The number of hydrogen-bond acceptors (Lipinski definition) is 7.